The van der Waals surface area contributed by atoms with E-state index in [1.165, 1.54) is 0 Å². The molecule has 0 unspecified atom stereocenters. The second-order valence-corrected chi connectivity index (χ2v) is 4.86. The zero-order valence-corrected chi connectivity index (χ0v) is 10.9. The van der Waals surface area contributed by atoms with Gasteiger partial charge in [0.1, 0.15) is 0 Å². The van der Waals surface area contributed by atoms with Gasteiger partial charge in [-0.2, -0.15) is 0 Å². The standard InChI is InChI=1S/C16H16O3/c1-11-9-13(16-18-7-8-19-16)10-14(11)15(17)12-5-3-2-4-6-12/h2-6,10,16H,7-9H2,1H3. The number of carbonyl (C=O) groups excluding carboxylic acids is 1. The topological polar surface area (TPSA) is 35.5 Å². The second kappa shape index (κ2) is 5.11. The number of carbonyl (C=O) groups is 1. The Bertz CT molecular complexity index is 549. The first-order valence-electron chi connectivity index (χ1n) is 6.49. The molecule has 1 saturated heterocycles. The average Bonchev–Trinajstić information content (AvgIpc) is 3.08. The van der Waals surface area contributed by atoms with Gasteiger partial charge in [-0.05, 0) is 25.0 Å². The first-order valence-corrected chi connectivity index (χ1v) is 6.49. The van der Waals surface area contributed by atoms with Crippen molar-refractivity contribution in [2.75, 3.05) is 13.2 Å². The maximum atomic E-state index is 12.4. The molecular weight excluding hydrogens is 240 g/mol. The van der Waals surface area contributed by atoms with Crippen molar-refractivity contribution < 1.29 is 14.3 Å². The molecule has 0 atom stereocenters. The zero-order valence-electron chi connectivity index (χ0n) is 10.9. The molecule has 0 N–H and O–H groups in total. The van der Waals surface area contributed by atoms with Crippen LogP contribution in [0, 0.1) is 0 Å². The lowest BCUT2D eigenvalue weighted by Gasteiger charge is -2.09. The highest BCUT2D eigenvalue weighted by molar-refractivity contribution is 6.11. The van der Waals surface area contributed by atoms with Crippen LogP contribution in [0.3, 0.4) is 0 Å². The lowest BCUT2D eigenvalue weighted by atomic mass is 10.0. The van der Waals surface area contributed by atoms with Crippen LogP contribution in [0.15, 0.2) is 53.1 Å². The molecule has 1 aromatic carbocycles. The maximum Gasteiger partial charge on any atom is 0.192 e. The Morgan fingerprint density at radius 3 is 2.53 bits per heavy atom. The molecule has 1 aliphatic heterocycles. The number of ether oxygens (including phenoxy) is 2. The number of Topliss-reactive ketones (excluding diaryl/α,β-unsaturated/α-hetero) is 1. The average molecular weight is 256 g/mol. The highest BCUT2D eigenvalue weighted by Crippen LogP contribution is 2.32. The third-order valence-electron chi connectivity index (χ3n) is 3.46. The van der Waals surface area contributed by atoms with Crippen LogP contribution in [0.4, 0.5) is 0 Å². The summed E-state index contributed by atoms with van der Waals surface area (Å²) >= 11 is 0. The van der Waals surface area contributed by atoms with Crippen molar-refractivity contribution >= 4 is 5.78 Å². The Hall–Kier alpha value is -1.71. The summed E-state index contributed by atoms with van der Waals surface area (Å²) in [5.41, 5.74) is 3.64. The van der Waals surface area contributed by atoms with E-state index in [0.29, 0.717) is 13.2 Å². The monoisotopic (exact) mass is 256 g/mol. The first-order chi connectivity index (χ1) is 9.25. The van der Waals surface area contributed by atoms with E-state index in [9.17, 15) is 4.79 Å². The molecule has 19 heavy (non-hydrogen) atoms. The van der Waals surface area contributed by atoms with Gasteiger partial charge in [-0.15, -0.1) is 0 Å². The summed E-state index contributed by atoms with van der Waals surface area (Å²) in [6, 6.07) is 9.36. The van der Waals surface area contributed by atoms with Gasteiger partial charge < -0.3 is 9.47 Å². The fourth-order valence-electron chi connectivity index (χ4n) is 2.49. The fraction of sp³-hybridized carbons (Fsp3) is 0.312. The third kappa shape index (κ3) is 2.39. The number of rotatable bonds is 3. The molecule has 1 fully saturated rings. The summed E-state index contributed by atoms with van der Waals surface area (Å²) in [7, 11) is 0. The quantitative estimate of drug-likeness (QED) is 0.780. The van der Waals surface area contributed by atoms with Crippen molar-refractivity contribution in [3.05, 3.63) is 58.7 Å². The van der Waals surface area contributed by atoms with Crippen molar-refractivity contribution in [1.29, 1.82) is 0 Å². The van der Waals surface area contributed by atoms with E-state index < -0.39 is 0 Å². The van der Waals surface area contributed by atoms with E-state index in [1.807, 2.05) is 43.3 Å². The van der Waals surface area contributed by atoms with Gasteiger partial charge in [-0.1, -0.05) is 35.9 Å². The number of allylic oxidation sites excluding steroid dienone is 3. The molecule has 98 valence electrons. The molecule has 0 bridgehead atoms. The SMILES string of the molecule is CC1=C(C(=O)c2ccccc2)C=C(C2OCCO2)C1. The van der Waals surface area contributed by atoms with Crippen LogP contribution in [0.2, 0.25) is 0 Å². The van der Waals surface area contributed by atoms with E-state index in [2.05, 4.69) is 0 Å². The molecule has 1 aromatic rings. The lowest BCUT2D eigenvalue weighted by molar-refractivity contribution is -0.0122. The predicted molar refractivity (Wildman–Crippen MR) is 71.9 cm³/mol. The molecule has 0 saturated carbocycles. The Morgan fingerprint density at radius 2 is 1.84 bits per heavy atom. The van der Waals surface area contributed by atoms with Crippen molar-refractivity contribution in [2.45, 2.75) is 19.6 Å². The highest BCUT2D eigenvalue weighted by atomic mass is 16.7. The summed E-state index contributed by atoms with van der Waals surface area (Å²) in [6.45, 7) is 3.25. The van der Waals surface area contributed by atoms with Crippen molar-refractivity contribution in [1.82, 2.24) is 0 Å². The van der Waals surface area contributed by atoms with Gasteiger partial charge >= 0.3 is 0 Å². The predicted octanol–water partition coefficient (Wildman–Crippen LogP) is 2.89. The van der Waals surface area contributed by atoms with Crippen LogP contribution in [-0.2, 0) is 9.47 Å². The van der Waals surface area contributed by atoms with E-state index >= 15 is 0 Å². The summed E-state index contributed by atoms with van der Waals surface area (Å²) < 4.78 is 11.0. The number of hydrogen-bond acceptors (Lipinski definition) is 3. The summed E-state index contributed by atoms with van der Waals surface area (Å²) in [4.78, 5) is 12.4. The van der Waals surface area contributed by atoms with Crippen molar-refractivity contribution in [3.8, 4) is 0 Å². The van der Waals surface area contributed by atoms with Gasteiger partial charge in [-0.3, -0.25) is 4.79 Å². The molecule has 0 amide bonds. The van der Waals surface area contributed by atoms with E-state index in [-0.39, 0.29) is 12.1 Å². The Balaban J connectivity index is 1.83. The smallest absolute Gasteiger partial charge is 0.192 e. The van der Waals surface area contributed by atoms with Crippen LogP contribution in [0.5, 0.6) is 0 Å². The normalized spacial score (nSPS) is 19.9. The summed E-state index contributed by atoms with van der Waals surface area (Å²) in [5.74, 6) is 0.0751. The van der Waals surface area contributed by atoms with Crippen LogP contribution >= 0.6 is 0 Å². The lowest BCUT2D eigenvalue weighted by Crippen LogP contribution is -2.10. The minimum atomic E-state index is -0.268. The van der Waals surface area contributed by atoms with Crippen LogP contribution in [0.25, 0.3) is 0 Å². The highest BCUT2D eigenvalue weighted by Gasteiger charge is 2.27. The molecule has 1 aliphatic carbocycles. The molecule has 1 heterocycles. The Kier molecular flexibility index (Phi) is 3.32. The van der Waals surface area contributed by atoms with Gasteiger partial charge in [0.25, 0.3) is 0 Å². The molecule has 3 heteroatoms. The second-order valence-electron chi connectivity index (χ2n) is 4.86. The van der Waals surface area contributed by atoms with Crippen molar-refractivity contribution in [3.63, 3.8) is 0 Å². The molecule has 0 spiro atoms. The largest absolute Gasteiger partial charge is 0.346 e. The van der Waals surface area contributed by atoms with Crippen molar-refractivity contribution in [2.24, 2.45) is 0 Å². The molecular formula is C16H16O3. The Morgan fingerprint density at radius 1 is 1.16 bits per heavy atom. The van der Waals surface area contributed by atoms with E-state index in [4.69, 9.17) is 9.47 Å². The minimum Gasteiger partial charge on any atom is -0.346 e. The van der Waals surface area contributed by atoms with Crippen LogP contribution < -0.4 is 0 Å². The number of benzene rings is 1. The number of ketones is 1. The van der Waals surface area contributed by atoms with Crippen LogP contribution in [-0.4, -0.2) is 25.3 Å². The number of hydrogen-bond donors (Lipinski definition) is 0. The Labute approximate surface area is 112 Å². The maximum absolute atomic E-state index is 12.4. The van der Waals surface area contributed by atoms with E-state index in [0.717, 1.165) is 28.7 Å². The molecule has 3 rings (SSSR count). The fourth-order valence-corrected chi connectivity index (χ4v) is 2.49. The summed E-state index contributed by atoms with van der Waals surface area (Å²) in [5, 5.41) is 0. The minimum absolute atomic E-state index is 0.0751. The molecule has 2 aliphatic rings. The van der Waals surface area contributed by atoms with Gasteiger partial charge in [0.2, 0.25) is 0 Å². The third-order valence-corrected chi connectivity index (χ3v) is 3.46. The van der Waals surface area contributed by atoms with Gasteiger partial charge in [-0.25, -0.2) is 0 Å². The van der Waals surface area contributed by atoms with Gasteiger partial charge in [0, 0.05) is 11.1 Å². The molecule has 3 nitrogen and oxygen atoms in total. The first kappa shape index (κ1) is 12.3. The van der Waals surface area contributed by atoms with Gasteiger partial charge in [0.15, 0.2) is 12.1 Å². The zero-order chi connectivity index (χ0) is 13.2. The van der Waals surface area contributed by atoms with E-state index in [1.54, 1.807) is 0 Å². The molecule has 0 radical (unpaired) electrons. The molecule has 0 aromatic heterocycles. The van der Waals surface area contributed by atoms with Gasteiger partial charge in [0.05, 0.1) is 13.2 Å². The summed E-state index contributed by atoms with van der Waals surface area (Å²) in [6.07, 6.45) is 2.43. The van der Waals surface area contributed by atoms with Crippen LogP contribution in [0.1, 0.15) is 23.7 Å².